The molecule has 0 atom stereocenters. The third-order valence-electron chi connectivity index (χ3n) is 2.54. The van der Waals surface area contributed by atoms with Gasteiger partial charge in [-0.3, -0.25) is 4.98 Å². The molecule has 0 N–H and O–H groups in total. The van der Waals surface area contributed by atoms with E-state index in [-0.39, 0.29) is 19.0 Å². The van der Waals surface area contributed by atoms with Crippen molar-refractivity contribution in [3.63, 3.8) is 0 Å². The summed E-state index contributed by atoms with van der Waals surface area (Å²) in [6.07, 6.45) is 6.21. The predicted molar refractivity (Wildman–Crippen MR) is 76.1 cm³/mol. The number of pyridine rings is 1. The molecule has 0 radical (unpaired) electrons. The van der Waals surface area contributed by atoms with Gasteiger partial charge in [-0.15, -0.1) is 0 Å². The van der Waals surface area contributed by atoms with Gasteiger partial charge in [0.2, 0.25) is 0 Å². The lowest BCUT2D eigenvalue weighted by molar-refractivity contribution is -0.138. The molecule has 2 aromatic rings. The molecule has 1 heterocycles. The number of rotatable bonds is 6. The molecule has 5 heteroatoms. The maximum Gasteiger partial charge on any atom is 0.330 e. The van der Waals surface area contributed by atoms with Crippen molar-refractivity contribution in [3.05, 3.63) is 66.2 Å². The Morgan fingerprint density at radius 2 is 1.90 bits per heavy atom. The van der Waals surface area contributed by atoms with Gasteiger partial charge in [-0.25, -0.2) is 9.18 Å². The van der Waals surface area contributed by atoms with Gasteiger partial charge in [0, 0.05) is 18.5 Å². The molecule has 0 aliphatic rings. The van der Waals surface area contributed by atoms with Crippen LogP contribution >= 0.6 is 0 Å². The largest absolute Gasteiger partial charge is 0.487 e. The fraction of sp³-hybridized carbons (Fsp3) is 0.125. The van der Waals surface area contributed by atoms with E-state index in [4.69, 9.17) is 9.47 Å². The summed E-state index contributed by atoms with van der Waals surface area (Å²) in [5.74, 6) is -0.786. The highest BCUT2D eigenvalue weighted by atomic mass is 19.1. The number of ether oxygens (including phenoxy) is 2. The maximum absolute atomic E-state index is 13.2. The number of aromatic nitrogens is 1. The standard InChI is InChI=1S/C16H14FNO3/c17-14-3-1-2-4-15(14)20-11-12-21-16(19)6-5-13-7-9-18-10-8-13/h1-10H,11-12H2. The summed E-state index contributed by atoms with van der Waals surface area (Å²) in [5, 5.41) is 0. The zero-order valence-corrected chi connectivity index (χ0v) is 11.2. The number of hydrogen-bond donors (Lipinski definition) is 0. The molecular weight excluding hydrogens is 273 g/mol. The number of esters is 1. The number of para-hydroxylation sites is 1. The lowest BCUT2D eigenvalue weighted by atomic mass is 10.2. The molecule has 0 saturated heterocycles. The van der Waals surface area contributed by atoms with Crippen molar-refractivity contribution in [1.82, 2.24) is 4.98 Å². The van der Waals surface area contributed by atoms with Gasteiger partial charge in [-0.05, 0) is 35.9 Å². The molecule has 1 aromatic carbocycles. The van der Waals surface area contributed by atoms with Gasteiger partial charge in [-0.2, -0.15) is 0 Å². The molecule has 108 valence electrons. The van der Waals surface area contributed by atoms with Crippen LogP contribution in [0.25, 0.3) is 6.08 Å². The van der Waals surface area contributed by atoms with E-state index >= 15 is 0 Å². The van der Waals surface area contributed by atoms with E-state index in [2.05, 4.69) is 4.98 Å². The Morgan fingerprint density at radius 1 is 1.14 bits per heavy atom. The molecule has 0 amide bonds. The van der Waals surface area contributed by atoms with Crippen molar-refractivity contribution in [3.8, 4) is 5.75 Å². The van der Waals surface area contributed by atoms with E-state index in [1.54, 1.807) is 42.7 Å². The van der Waals surface area contributed by atoms with E-state index in [0.717, 1.165) is 5.56 Å². The molecule has 0 unspecified atom stereocenters. The third kappa shape index (κ3) is 5.06. The van der Waals surface area contributed by atoms with Crippen LogP contribution in [0.2, 0.25) is 0 Å². The van der Waals surface area contributed by atoms with Gasteiger partial charge >= 0.3 is 5.97 Å². The summed E-state index contributed by atoms with van der Waals surface area (Å²) in [5.41, 5.74) is 0.851. The van der Waals surface area contributed by atoms with Gasteiger partial charge in [0.25, 0.3) is 0 Å². The Labute approximate surface area is 121 Å². The van der Waals surface area contributed by atoms with Gasteiger partial charge in [-0.1, -0.05) is 12.1 Å². The van der Waals surface area contributed by atoms with Crippen LogP contribution in [0, 0.1) is 5.82 Å². The topological polar surface area (TPSA) is 48.4 Å². The minimum Gasteiger partial charge on any atom is -0.487 e. The van der Waals surface area contributed by atoms with Crippen molar-refractivity contribution in [1.29, 1.82) is 0 Å². The first-order valence-electron chi connectivity index (χ1n) is 6.38. The number of hydrogen-bond acceptors (Lipinski definition) is 4. The molecule has 0 fully saturated rings. The quantitative estimate of drug-likeness (QED) is 0.465. The second-order valence-electron chi connectivity index (χ2n) is 4.06. The summed E-state index contributed by atoms with van der Waals surface area (Å²) in [4.78, 5) is 15.3. The summed E-state index contributed by atoms with van der Waals surface area (Å²) in [6, 6.07) is 9.60. The second kappa shape index (κ2) is 7.79. The smallest absolute Gasteiger partial charge is 0.330 e. The van der Waals surface area contributed by atoms with Crippen molar-refractivity contribution < 1.29 is 18.7 Å². The summed E-state index contributed by atoms with van der Waals surface area (Å²) in [6.45, 7) is 0.142. The highest BCUT2D eigenvalue weighted by molar-refractivity contribution is 5.86. The molecule has 0 bridgehead atoms. The van der Waals surface area contributed by atoms with Crippen LogP contribution in [0.3, 0.4) is 0 Å². The number of carbonyl (C=O) groups excluding carboxylic acids is 1. The normalized spacial score (nSPS) is 10.5. The second-order valence-corrected chi connectivity index (χ2v) is 4.06. The Morgan fingerprint density at radius 3 is 2.67 bits per heavy atom. The highest BCUT2D eigenvalue weighted by Crippen LogP contribution is 2.14. The monoisotopic (exact) mass is 287 g/mol. The molecular formula is C16H14FNO3. The van der Waals surface area contributed by atoms with Gasteiger partial charge < -0.3 is 9.47 Å². The van der Waals surface area contributed by atoms with E-state index in [9.17, 15) is 9.18 Å². The van der Waals surface area contributed by atoms with Crippen LogP contribution in [-0.2, 0) is 9.53 Å². The maximum atomic E-state index is 13.2. The summed E-state index contributed by atoms with van der Waals surface area (Å²) >= 11 is 0. The van der Waals surface area contributed by atoms with E-state index in [1.165, 1.54) is 18.2 Å². The van der Waals surface area contributed by atoms with Crippen LogP contribution in [0.5, 0.6) is 5.75 Å². The summed E-state index contributed by atoms with van der Waals surface area (Å²) in [7, 11) is 0. The Bertz CT molecular complexity index is 614. The van der Waals surface area contributed by atoms with Gasteiger partial charge in [0.15, 0.2) is 11.6 Å². The Hall–Kier alpha value is -2.69. The molecule has 0 aliphatic carbocycles. The molecule has 4 nitrogen and oxygen atoms in total. The van der Waals surface area contributed by atoms with Crippen LogP contribution < -0.4 is 4.74 Å². The average molecular weight is 287 g/mol. The molecule has 0 aliphatic heterocycles. The zero-order chi connectivity index (χ0) is 14.9. The molecule has 21 heavy (non-hydrogen) atoms. The van der Waals surface area contributed by atoms with Crippen LogP contribution in [0.15, 0.2) is 54.9 Å². The molecule has 2 rings (SSSR count). The highest BCUT2D eigenvalue weighted by Gasteiger charge is 2.02. The minimum absolute atomic E-state index is 0.0495. The first kappa shape index (κ1) is 14.7. The fourth-order valence-corrected chi connectivity index (χ4v) is 1.54. The van der Waals surface area contributed by atoms with Crippen LogP contribution in [-0.4, -0.2) is 24.2 Å². The zero-order valence-electron chi connectivity index (χ0n) is 11.2. The third-order valence-corrected chi connectivity index (χ3v) is 2.54. The number of benzene rings is 1. The first-order valence-corrected chi connectivity index (χ1v) is 6.38. The van der Waals surface area contributed by atoms with Crippen LogP contribution in [0.1, 0.15) is 5.56 Å². The van der Waals surface area contributed by atoms with E-state index in [0.29, 0.717) is 0 Å². The average Bonchev–Trinajstić information content (AvgIpc) is 2.52. The van der Waals surface area contributed by atoms with Crippen molar-refractivity contribution in [2.75, 3.05) is 13.2 Å². The lowest BCUT2D eigenvalue weighted by Crippen LogP contribution is -2.10. The lowest BCUT2D eigenvalue weighted by Gasteiger charge is -2.06. The fourth-order valence-electron chi connectivity index (χ4n) is 1.54. The van der Waals surface area contributed by atoms with E-state index in [1.807, 2.05) is 0 Å². The Kier molecular flexibility index (Phi) is 5.46. The minimum atomic E-state index is -0.482. The number of halogens is 1. The number of carbonyl (C=O) groups is 1. The van der Waals surface area contributed by atoms with E-state index < -0.39 is 11.8 Å². The number of nitrogens with zero attached hydrogens (tertiary/aromatic N) is 1. The van der Waals surface area contributed by atoms with Crippen molar-refractivity contribution >= 4 is 12.0 Å². The molecule has 0 saturated carbocycles. The van der Waals surface area contributed by atoms with Gasteiger partial charge in [0.05, 0.1) is 0 Å². The Balaban J connectivity index is 1.70. The molecule has 0 spiro atoms. The van der Waals surface area contributed by atoms with Crippen LogP contribution in [0.4, 0.5) is 4.39 Å². The first-order chi connectivity index (χ1) is 10.3. The van der Waals surface area contributed by atoms with Crippen molar-refractivity contribution in [2.45, 2.75) is 0 Å². The predicted octanol–water partition coefficient (Wildman–Crippen LogP) is 2.86. The molecule has 1 aromatic heterocycles. The SMILES string of the molecule is O=C(C=Cc1ccncc1)OCCOc1ccccc1F. The van der Waals surface area contributed by atoms with Crippen molar-refractivity contribution in [2.24, 2.45) is 0 Å². The summed E-state index contributed by atoms with van der Waals surface area (Å²) < 4.78 is 23.3. The van der Waals surface area contributed by atoms with Gasteiger partial charge in [0.1, 0.15) is 13.2 Å².